The van der Waals surface area contributed by atoms with E-state index in [1.54, 1.807) is 4.90 Å². The Kier molecular flexibility index (Phi) is 3.47. The fourth-order valence-corrected chi connectivity index (χ4v) is 3.51. The summed E-state index contributed by atoms with van der Waals surface area (Å²) in [6.07, 6.45) is 2.64. The van der Waals surface area contributed by atoms with Crippen molar-refractivity contribution in [1.29, 1.82) is 0 Å². The number of hydrogen-bond acceptors (Lipinski definition) is 4. The van der Waals surface area contributed by atoms with Gasteiger partial charge in [0, 0.05) is 39.0 Å². The lowest BCUT2D eigenvalue weighted by Crippen LogP contribution is -2.64. The third-order valence-corrected chi connectivity index (χ3v) is 4.71. The van der Waals surface area contributed by atoms with E-state index in [0.717, 1.165) is 26.1 Å². The topological polar surface area (TPSA) is 59.4 Å². The first-order chi connectivity index (χ1) is 10.2. The largest absolute Gasteiger partial charge is 0.444 e. The number of fused-ring (bicyclic) bond motifs is 1. The van der Waals surface area contributed by atoms with Crippen molar-refractivity contribution in [3.63, 3.8) is 0 Å². The van der Waals surface area contributed by atoms with Crippen LogP contribution in [0, 0.1) is 5.92 Å². The molecule has 1 fully saturated rings. The molecule has 3 rings (SSSR count). The van der Waals surface area contributed by atoms with Crippen molar-refractivity contribution in [3.05, 3.63) is 17.7 Å². The number of aromatic nitrogens is 2. The lowest BCUT2D eigenvalue weighted by molar-refractivity contribution is -0.0209. The molecule has 0 spiro atoms. The van der Waals surface area contributed by atoms with Crippen molar-refractivity contribution in [1.82, 2.24) is 19.8 Å². The number of carbonyl (C=O) groups is 1. The average molecular weight is 306 g/mol. The Morgan fingerprint density at radius 1 is 1.45 bits per heavy atom. The van der Waals surface area contributed by atoms with Gasteiger partial charge in [-0.05, 0) is 27.7 Å². The van der Waals surface area contributed by atoms with E-state index in [9.17, 15) is 4.79 Å². The molecule has 1 unspecified atom stereocenters. The first kappa shape index (κ1) is 15.3. The number of hydrogen-bond donors (Lipinski definition) is 1. The molecule has 1 atom stereocenters. The lowest BCUT2D eigenvalue weighted by Gasteiger charge is -2.50. The van der Waals surface area contributed by atoms with E-state index < -0.39 is 5.60 Å². The van der Waals surface area contributed by atoms with Gasteiger partial charge in [-0.3, -0.25) is 0 Å². The molecular weight excluding hydrogens is 280 g/mol. The third kappa shape index (κ3) is 2.49. The number of carbonyl (C=O) groups excluding carboxylic acids is 1. The minimum Gasteiger partial charge on any atom is -0.444 e. The van der Waals surface area contributed by atoms with Crippen molar-refractivity contribution in [2.24, 2.45) is 13.0 Å². The number of nitrogens with one attached hydrogen (secondary N) is 1. The molecule has 22 heavy (non-hydrogen) atoms. The van der Waals surface area contributed by atoms with Gasteiger partial charge >= 0.3 is 6.09 Å². The van der Waals surface area contributed by atoms with Crippen LogP contribution in [0.1, 0.15) is 39.1 Å². The summed E-state index contributed by atoms with van der Waals surface area (Å²) in [4.78, 5) is 18.4. The fraction of sp³-hybridized carbons (Fsp3) is 0.750. The van der Waals surface area contributed by atoms with Crippen molar-refractivity contribution in [2.75, 3.05) is 19.6 Å². The average Bonchev–Trinajstić information content (AvgIpc) is 2.68. The Labute approximate surface area is 131 Å². The highest BCUT2D eigenvalue weighted by Gasteiger charge is 2.48. The zero-order chi connectivity index (χ0) is 16.1. The van der Waals surface area contributed by atoms with E-state index in [0.29, 0.717) is 5.92 Å². The van der Waals surface area contributed by atoms with Gasteiger partial charge in [0.05, 0.1) is 23.3 Å². The Bertz CT molecular complexity index is 583. The van der Waals surface area contributed by atoms with E-state index in [4.69, 9.17) is 4.74 Å². The first-order valence-electron chi connectivity index (χ1n) is 7.94. The molecule has 1 saturated heterocycles. The van der Waals surface area contributed by atoms with Crippen LogP contribution in [0.2, 0.25) is 0 Å². The second kappa shape index (κ2) is 4.98. The molecule has 0 aromatic carbocycles. The van der Waals surface area contributed by atoms with E-state index >= 15 is 0 Å². The molecule has 1 aromatic heterocycles. The Morgan fingerprint density at radius 3 is 2.77 bits per heavy atom. The third-order valence-electron chi connectivity index (χ3n) is 4.71. The minimum absolute atomic E-state index is 0.128. The zero-order valence-electron chi connectivity index (χ0n) is 14.1. The van der Waals surface area contributed by atoms with E-state index in [1.807, 2.05) is 34.1 Å². The van der Waals surface area contributed by atoms with Gasteiger partial charge in [0.15, 0.2) is 0 Å². The minimum atomic E-state index is -0.440. The van der Waals surface area contributed by atoms with Crippen LogP contribution >= 0.6 is 0 Å². The number of imidazole rings is 1. The monoisotopic (exact) mass is 306 g/mol. The highest BCUT2D eigenvalue weighted by molar-refractivity contribution is 5.69. The summed E-state index contributed by atoms with van der Waals surface area (Å²) in [5.74, 6) is 0.384. The predicted molar refractivity (Wildman–Crippen MR) is 83.6 cm³/mol. The van der Waals surface area contributed by atoms with Crippen LogP contribution in [-0.4, -0.2) is 45.8 Å². The zero-order valence-corrected chi connectivity index (χ0v) is 14.1. The molecule has 2 aliphatic rings. The summed E-state index contributed by atoms with van der Waals surface area (Å²) in [6, 6.07) is 0. The maximum atomic E-state index is 12.1. The quantitative estimate of drug-likeness (QED) is 0.857. The van der Waals surface area contributed by atoms with Gasteiger partial charge in [0.25, 0.3) is 0 Å². The van der Waals surface area contributed by atoms with Gasteiger partial charge in [0.1, 0.15) is 5.60 Å². The van der Waals surface area contributed by atoms with Crippen molar-refractivity contribution >= 4 is 6.09 Å². The molecular formula is C16H26N4O2. The number of amides is 1. The Balaban J connectivity index is 1.71. The van der Waals surface area contributed by atoms with Gasteiger partial charge in [-0.1, -0.05) is 0 Å². The maximum Gasteiger partial charge on any atom is 0.410 e. The number of likely N-dealkylation sites (tertiary alicyclic amines) is 1. The van der Waals surface area contributed by atoms with Crippen molar-refractivity contribution in [2.45, 2.75) is 45.3 Å². The van der Waals surface area contributed by atoms with Gasteiger partial charge < -0.3 is 19.5 Å². The fourth-order valence-electron chi connectivity index (χ4n) is 3.51. The highest BCUT2D eigenvalue weighted by Crippen LogP contribution is 2.39. The Morgan fingerprint density at radius 2 is 2.14 bits per heavy atom. The van der Waals surface area contributed by atoms with Crippen LogP contribution < -0.4 is 5.32 Å². The van der Waals surface area contributed by atoms with Crippen molar-refractivity contribution < 1.29 is 9.53 Å². The smallest absolute Gasteiger partial charge is 0.410 e. The molecule has 1 amide bonds. The molecule has 3 heterocycles. The van der Waals surface area contributed by atoms with Crippen LogP contribution in [0.25, 0.3) is 0 Å². The van der Waals surface area contributed by atoms with Crippen molar-refractivity contribution in [3.8, 4) is 0 Å². The predicted octanol–water partition coefficient (Wildman–Crippen LogP) is 1.65. The second-order valence-electron chi connectivity index (χ2n) is 7.61. The van der Waals surface area contributed by atoms with Gasteiger partial charge in [-0.25, -0.2) is 9.78 Å². The summed E-state index contributed by atoms with van der Waals surface area (Å²) >= 11 is 0. The summed E-state index contributed by atoms with van der Waals surface area (Å²) < 4.78 is 7.55. The molecule has 6 nitrogen and oxygen atoms in total. The van der Waals surface area contributed by atoms with Crippen LogP contribution in [-0.2, 0) is 23.7 Å². The second-order valence-corrected chi connectivity index (χ2v) is 7.61. The molecule has 6 heteroatoms. The summed E-state index contributed by atoms with van der Waals surface area (Å²) in [6.45, 7) is 10.3. The van der Waals surface area contributed by atoms with Crippen LogP contribution in [0.15, 0.2) is 6.33 Å². The number of ether oxygens (including phenoxy) is 1. The molecule has 122 valence electrons. The molecule has 0 bridgehead atoms. The standard InChI is InChI=1S/C16H26N4O2/c1-15(2,3)22-14(21)20-8-11(9-20)16(4)13-12(6-7-18-16)17-10-19(13)5/h10-11,18H,6-9H2,1-5H3. The highest BCUT2D eigenvalue weighted by atomic mass is 16.6. The van der Waals surface area contributed by atoms with Crippen LogP contribution in [0.5, 0.6) is 0 Å². The molecule has 0 aliphatic carbocycles. The van der Waals surface area contributed by atoms with Gasteiger partial charge in [0.2, 0.25) is 0 Å². The summed E-state index contributed by atoms with van der Waals surface area (Å²) in [5, 5.41) is 3.65. The molecule has 1 N–H and O–H groups in total. The van der Waals surface area contributed by atoms with Crippen LogP contribution in [0.4, 0.5) is 4.79 Å². The lowest BCUT2D eigenvalue weighted by atomic mass is 9.75. The Hall–Kier alpha value is -1.56. The molecule has 0 saturated carbocycles. The van der Waals surface area contributed by atoms with Gasteiger partial charge in [-0.15, -0.1) is 0 Å². The molecule has 2 aliphatic heterocycles. The van der Waals surface area contributed by atoms with E-state index in [-0.39, 0.29) is 11.6 Å². The first-order valence-corrected chi connectivity index (χ1v) is 7.94. The number of nitrogens with zero attached hydrogens (tertiary/aromatic N) is 3. The van der Waals surface area contributed by atoms with Crippen LogP contribution in [0.3, 0.4) is 0 Å². The van der Waals surface area contributed by atoms with Gasteiger partial charge in [-0.2, -0.15) is 0 Å². The normalized spacial score (nSPS) is 25.6. The summed E-state index contributed by atoms with van der Waals surface area (Å²) in [5.41, 5.74) is 1.87. The van der Waals surface area contributed by atoms with E-state index in [1.165, 1.54) is 11.4 Å². The molecule has 1 aromatic rings. The SMILES string of the molecule is Cn1cnc2c1C(C)(C1CN(C(=O)OC(C)(C)C)C1)NCC2. The maximum absolute atomic E-state index is 12.1. The summed E-state index contributed by atoms with van der Waals surface area (Å²) in [7, 11) is 2.04. The number of rotatable bonds is 1. The molecule has 0 radical (unpaired) electrons. The van der Waals surface area contributed by atoms with E-state index in [2.05, 4.69) is 21.8 Å². The number of aryl methyl sites for hydroxylation is 1.